The smallest absolute Gasteiger partial charge is 0.121 e. The van der Waals surface area contributed by atoms with Gasteiger partial charge in [0.15, 0.2) is 0 Å². The van der Waals surface area contributed by atoms with Crippen molar-refractivity contribution in [2.75, 3.05) is 18.9 Å². The Bertz CT molecular complexity index is 408. The third-order valence-electron chi connectivity index (χ3n) is 2.53. The van der Waals surface area contributed by atoms with Crippen LogP contribution in [0, 0.1) is 0 Å². The molecule has 1 aromatic carbocycles. The van der Waals surface area contributed by atoms with Gasteiger partial charge in [-0.05, 0) is 24.6 Å². The molecule has 0 spiro atoms. The van der Waals surface area contributed by atoms with Gasteiger partial charge in [0.1, 0.15) is 18.0 Å². The van der Waals surface area contributed by atoms with Gasteiger partial charge < -0.3 is 16.2 Å². The summed E-state index contributed by atoms with van der Waals surface area (Å²) in [7, 11) is 0. The van der Waals surface area contributed by atoms with Crippen LogP contribution in [0.25, 0.3) is 0 Å². The fraction of sp³-hybridized carbons (Fsp3) is 0.364. The molecule has 0 fully saturated rings. The van der Waals surface area contributed by atoms with Crippen LogP contribution in [0.3, 0.4) is 0 Å². The predicted molar refractivity (Wildman–Crippen MR) is 67.9 cm³/mol. The summed E-state index contributed by atoms with van der Waals surface area (Å²) in [4.78, 5) is 4.44. The summed E-state index contributed by atoms with van der Waals surface area (Å²) in [6, 6.07) is 7.66. The molecule has 0 saturated carbocycles. The number of anilines is 1. The Morgan fingerprint density at radius 2 is 2.12 bits per heavy atom. The van der Waals surface area contributed by atoms with Crippen LogP contribution in [-0.2, 0) is 10.3 Å². The minimum absolute atomic E-state index is 0. The van der Waals surface area contributed by atoms with E-state index < -0.39 is 5.54 Å². The number of benzene rings is 1. The van der Waals surface area contributed by atoms with Crippen molar-refractivity contribution in [3.05, 3.63) is 29.8 Å². The van der Waals surface area contributed by atoms with Crippen molar-refractivity contribution in [2.24, 2.45) is 10.7 Å². The topological polar surface area (TPSA) is 73.6 Å². The van der Waals surface area contributed by atoms with Crippen LogP contribution in [0.5, 0.6) is 0 Å². The summed E-state index contributed by atoms with van der Waals surface area (Å²) in [5, 5.41) is 0. The third kappa shape index (κ3) is 2.46. The molecular formula is C11H16ClN3O. The molecule has 0 saturated heterocycles. The molecule has 1 aromatic rings. The molecule has 16 heavy (non-hydrogen) atoms. The average molecular weight is 242 g/mol. The zero-order valence-electron chi connectivity index (χ0n) is 9.14. The van der Waals surface area contributed by atoms with Gasteiger partial charge in [-0.15, -0.1) is 12.4 Å². The summed E-state index contributed by atoms with van der Waals surface area (Å²) >= 11 is 0. The Kier molecular flexibility index (Phi) is 3.78. The number of nitrogens with two attached hydrogens (primary N) is 2. The van der Waals surface area contributed by atoms with E-state index in [-0.39, 0.29) is 12.4 Å². The van der Waals surface area contributed by atoms with E-state index in [2.05, 4.69) is 4.99 Å². The van der Waals surface area contributed by atoms with Gasteiger partial charge >= 0.3 is 0 Å². The minimum Gasteiger partial charge on any atom is -0.399 e. The van der Waals surface area contributed by atoms with Crippen LogP contribution in [0.2, 0.25) is 0 Å². The maximum Gasteiger partial charge on any atom is 0.121 e. The lowest BCUT2D eigenvalue weighted by atomic mass is 9.92. The standard InChI is InChI=1S/C11H15N3O.ClH/c1-11(7-15-6-10(13)14-11)8-3-2-4-9(12)5-8;/h2-5H,6-7,12H2,1H3,(H2,13,14);1H/t11-;/m0./s1. The van der Waals surface area contributed by atoms with Gasteiger partial charge in [0.05, 0.1) is 6.61 Å². The first-order valence-corrected chi connectivity index (χ1v) is 4.88. The number of ether oxygens (including phenoxy) is 1. The molecule has 1 aliphatic rings. The summed E-state index contributed by atoms with van der Waals surface area (Å²) in [6.45, 7) is 2.95. The highest BCUT2D eigenvalue weighted by molar-refractivity contribution is 5.85. The minimum atomic E-state index is -0.405. The molecule has 4 nitrogen and oxygen atoms in total. The maximum atomic E-state index is 5.74. The Balaban J connectivity index is 0.00000128. The number of halogens is 1. The van der Waals surface area contributed by atoms with Gasteiger partial charge in [-0.2, -0.15) is 0 Å². The molecule has 88 valence electrons. The van der Waals surface area contributed by atoms with Crippen LogP contribution < -0.4 is 11.5 Å². The number of aliphatic imine (C=N–C) groups is 1. The number of nitrogens with zero attached hydrogens (tertiary/aromatic N) is 1. The monoisotopic (exact) mass is 241 g/mol. The molecule has 0 amide bonds. The number of nitrogen functional groups attached to an aromatic ring is 1. The van der Waals surface area contributed by atoms with Gasteiger partial charge in [0, 0.05) is 5.69 Å². The van der Waals surface area contributed by atoms with E-state index in [0.717, 1.165) is 11.3 Å². The van der Waals surface area contributed by atoms with Crippen molar-refractivity contribution in [1.29, 1.82) is 0 Å². The lowest BCUT2D eigenvalue weighted by Crippen LogP contribution is -2.37. The normalized spacial score (nSPS) is 24.4. The highest BCUT2D eigenvalue weighted by Crippen LogP contribution is 2.29. The molecule has 5 heteroatoms. The Labute approximate surface area is 101 Å². The second-order valence-electron chi connectivity index (χ2n) is 4.00. The Morgan fingerprint density at radius 1 is 1.38 bits per heavy atom. The third-order valence-corrected chi connectivity index (χ3v) is 2.53. The molecule has 1 aliphatic heterocycles. The van der Waals surface area contributed by atoms with Crippen LogP contribution in [0.1, 0.15) is 12.5 Å². The van der Waals surface area contributed by atoms with Gasteiger partial charge in [-0.25, -0.2) is 0 Å². The summed E-state index contributed by atoms with van der Waals surface area (Å²) in [5.41, 5.74) is 12.8. The summed E-state index contributed by atoms with van der Waals surface area (Å²) in [5.74, 6) is 0.533. The number of amidine groups is 1. The van der Waals surface area contributed by atoms with Crippen LogP contribution in [0.15, 0.2) is 29.3 Å². The van der Waals surface area contributed by atoms with E-state index in [0.29, 0.717) is 19.0 Å². The van der Waals surface area contributed by atoms with E-state index in [9.17, 15) is 0 Å². The number of rotatable bonds is 1. The second kappa shape index (κ2) is 4.72. The quantitative estimate of drug-likeness (QED) is 0.728. The van der Waals surface area contributed by atoms with Crippen molar-refractivity contribution in [2.45, 2.75) is 12.5 Å². The first kappa shape index (κ1) is 12.8. The lowest BCUT2D eigenvalue weighted by molar-refractivity contribution is 0.106. The van der Waals surface area contributed by atoms with Crippen molar-refractivity contribution < 1.29 is 4.74 Å². The van der Waals surface area contributed by atoms with Crippen molar-refractivity contribution in [3.63, 3.8) is 0 Å². The fourth-order valence-corrected chi connectivity index (χ4v) is 1.76. The largest absolute Gasteiger partial charge is 0.399 e. The average Bonchev–Trinajstić information content (AvgIpc) is 2.17. The number of hydrogen-bond acceptors (Lipinski definition) is 4. The highest BCUT2D eigenvalue weighted by atomic mass is 35.5. The zero-order chi connectivity index (χ0) is 10.9. The SMILES string of the molecule is C[C@@]1(c2cccc(N)c2)COCC(N)=N1.Cl. The van der Waals surface area contributed by atoms with Crippen LogP contribution in [0.4, 0.5) is 5.69 Å². The summed E-state index contributed by atoms with van der Waals surface area (Å²) < 4.78 is 5.40. The molecule has 0 radical (unpaired) electrons. The van der Waals surface area contributed by atoms with E-state index in [1.807, 2.05) is 31.2 Å². The lowest BCUT2D eigenvalue weighted by Gasteiger charge is -2.30. The van der Waals surface area contributed by atoms with Gasteiger partial charge in [0.2, 0.25) is 0 Å². The fourth-order valence-electron chi connectivity index (χ4n) is 1.76. The molecule has 0 aromatic heterocycles. The van der Waals surface area contributed by atoms with Crippen LogP contribution >= 0.6 is 12.4 Å². The number of hydrogen-bond donors (Lipinski definition) is 2. The van der Waals surface area contributed by atoms with Crippen molar-refractivity contribution >= 4 is 23.9 Å². The first-order valence-electron chi connectivity index (χ1n) is 4.88. The molecule has 4 N–H and O–H groups in total. The van der Waals surface area contributed by atoms with E-state index in [4.69, 9.17) is 16.2 Å². The summed E-state index contributed by atoms with van der Waals surface area (Å²) in [6.07, 6.45) is 0. The second-order valence-corrected chi connectivity index (χ2v) is 4.00. The molecule has 0 unspecified atom stereocenters. The zero-order valence-corrected chi connectivity index (χ0v) is 9.96. The first-order chi connectivity index (χ1) is 7.10. The maximum absolute atomic E-state index is 5.74. The van der Waals surface area contributed by atoms with E-state index in [1.165, 1.54) is 0 Å². The molecular weight excluding hydrogens is 226 g/mol. The van der Waals surface area contributed by atoms with Gasteiger partial charge in [-0.3, -0.25) is 4.99 Å². The molecule has 0 aliphatic carbocycles. The molecule has 0 bridgehead atoms. The Hall–Kier alpha value is -1.26. The molecule has 1 heterocycles. The van der Waals surface area contributed by atoms with Gasteiger partial charge in [0.25, 0.3) is 0 Å². The van der Waals surface area contributed by atoms with Crippen molar-refractivity contribution in [1.82, 2.24) is 0 Å². The van der Waals surface area contributed by atoms with Crippen molar-refractivity contribution in [3.8, 4) is 0 Å². The van der Waals surface area contributed by atoms with Crippen LogP contribution in [-0.4, -0.2) is 19.0 Å². The predicted octanol–water partition coefficient (Wildman–Crippen LogP) is 1.29. The van der Waals surface area contributed by atoms with Gasteiger partial charge in [-0.1, -0.05) is 12.1 Å². The van der Waals surface area contributed by atoms with E-state index >= 15 is 0 Å². The highest BCUT2D eigenvalue weighted by Gasteiger charge is 2.29. The van der Waals surface area contributed by atoms with E-state index in [1.54, 1.807) is 0 Å². The Morgan fingerprint density at radius 3 is 2.75 bits per heavy atom. The molecule has 1 atom stereocenters. The molecule has 2 rings (SSSR count).